The molecule has 0 spiro atoms. The van der Waals surface area contributed by atoms with Gasteiger partial charge in [-0.25, -0.2) is 4.99 Å². The third kappa shape index (κ3) is 6.80. The molecule has 1 aliphatic heterocycles. The van der Waals surface area contributed by atoms with Crippen LogP contribution in [0.3, 0.4) is 0 Å². The van der Waals surface area contributed by atoms with Crippen molar-refractivity contribution in [2.75, 3.05) is 33.2 Å². The van der Waals surface area contributed by atoms with Gasteiger partial charge >= 0.3 is 0 Å². The van der Waals surface area contributed by atoms with E-state index in [1.54, 1.807) is 7.05 Å². The van der Waals surface area contributed by atoms with E-state index in [1.807, 2.05) is 35.6 Å². The smallest absolute Gasteiger partial charge is 0.251 e. The summed E-state index contributed by atoms with van der Waals surface area (Å²) in [5, 5.41) is 11.7. The number of benzene rings is 1. The summed E-state index contributed by atoms with van der Waals surface area (Å²) in [6.45, 7) is 8.94. The Morgan fingerprint density at radius 3 is 2.55 bits per heavy atom. The Morgan fingerprint density at radius 2 is 1.94 bits per heavy atom. The van der Waals surface area contributed by atoms with Crippen LogP contribution >= 0.6 is 11.3 Å². The predicted molar refractivity (Wildman–Crippen MR) is 130 cm³/mol. The third-order valence-corrected chi connectivity index (χ3v) is 6.77. The van der Waals surface area contributed by atoms with Crippen molar-refractivity contribution in [3.63, 3.8) is 0 Å². The first-order valence-corrected chi connectivity index (χ1v) is 12.1. The van der Waals surface area contributed by atoms with Gasteiger partial charge in [-0.2, -0.15) is 0 Å². The Balaban J connectivity index is 1.64. The van der Waals surface area contributed by atoms with Crippen LogP contribution in [0.25, 0.3) is 0 Å². The van der Waals surface area contributed by atoms with E-state index in [0.717, 1.165) is 43.6 Å². The highest BCUT2D eigenvalue weighted by Gasteiger charge is 2.25. The molecule has 1 aromatic carbocycles. The lowest BCUT2D eigenvalue weighted by Crippen LogP contribution is -2.45. The second-order valence-electron chi connectivity index (χ2n) is 8.10. The predicted octanol–water partition coefficient (Wildman–Crippen LogP) is 3.64. The number of carbonyl (C=O) groups excluding carboxylic acids is 1. The summed E-state index contributed by atoms with van der Waals surface area (Å²) in [6.07, 6.45) is 2.53. The van der Waals surface area contributed by atoms with Gasteiger partial charge in [-0.3, -0.25) is 9.69 Å². The monoisotopic (exact) mass is 441 g/mol. The van der Waals surface area contributed by atoms with Crippen LogP contribution in [0.1, 0.15) is 53.5 Å². The highest BCUT2D eigenvalue weighted by atomic mass is 32.1. The lowest BCUT2D eigenvalue weighted by molar-refractivity contribution is 0.0963. The zero-order valence-corrected chi connectivity index (χ0v) is 19.7. The van der Waals surface area contributed by atoms with Crippen molar-refractivity contribution in [3.8, 4) is 0 Å². The highest BCUT2D eigenvalue weighted by Crippen LogP contribution is 2.29. The van der Waals surface area contributed by atoms with E-state index < -0.39 is 0 Å². The van der Waals surface area contributed by atoms with Crippen molar-refractivity contribution >= 4 is 23.2 Å². The topological polar surface area (TPSA) is 68.8 Å². The molecule has 0 saturated carbocycles. The van der Waals surface area contributed by atoms with Crippen LogP contribution in [-0.4, -0.2) is 50.0 Å². The number of carbonyl (C=O) groups is 1. The molecule has 1 unspecified atom stereocenters. The Morgan fingerprint density at radius 1 is 1.19 bits per heavy atom. The molecule has 3 N–H and O–H groups in total. The van der Waals surface area contributed by atoms with Gasteiger partial charge in [0.2, 0.25) is 0 Å². The number of aliphatic imine (C=N–C) groups is 1. The summed E-state index contributed by atoms with van der Waals surface area (Å²) >= 11 is 1.83. The summed E-state index contributed by atoms with van der Waals surface area (Å²) in [4.78, 5) is 20.5. The van der Waals surface area contributed by atoms with E-state index in [4.69, 9.17) is 4.99 Å². The fourth-order valence-electron chi connectivity index (χ4n) is 3.84. The summed E-state index contributed by atoms with van der Waals surface area (Å²) < 4.78 is 0. The van der Waals surface area contributed by atoms with Gasteiger partial charge in [0.1, 0.15) is 0 Å². The summed E-state index contributed by atoms with van der Waals surface area (Å²) in [5.74, 6) is 1.57. The second-order valence-corrected chi connectivity index (χ2v) is 9.08. The maximum atomic E-state index is 11.7. The first-order chi connectivity index (χ1) is 15.1. The van der Waals surface area contributed by atoms with Crippen molar-refractivity contribution in [1.82, 2.24) is 20.9 Å². The van der Waals surface area contributed by atoms with E-state index >= 15 is 0 Å². The fourth-order valence-corrected chi connectivity index (χ4v) is 4.70. The standard InChI is InChI=1S/C24H35N5OS/c1-4-26-24(27-16-19-7-9-20(10-8-19)23(30)25-3)28-17-21(22-6-5-15-31-22)29-13-11-18(2)12-14-29/h5-10,15,18,21H,4,11-14,16-17H2,1-3H3,(H,25,30)(H2,26,27,28). The van der Waals surface area contributed by atoms with Gasteiger partial charge in [0.15, 0.2) is 5.96 Å². The van der Waals surface area contributed by atoms with Gasteiger partial charge in [0.05, 0.1) is 12.6 Å². The molecule has 1 amide bonds. The summed E-state index contributed by atoms with van der Waals surface area (Å²) in [6, 6.07) is 12.3. The Hall–Kier alpha value is -2.38. The molecule has 1 aromatic heterocycles. The zero-order valence-electron chi connectivity index (χ0n) is 18.9. The zero-order chi connectivity index (χ0) is 22.1. The lowest BCUT2D eigenvalue weighted by Gasteiger charge is -2.36. The summed E-state index contributed by atoms with van der Waals surface area (Å²) in [7, 11) is 1.64. The van der Waals surface area contributed by atoms with E-state index in [0.29, 0.717) is 18.2 Å². The third-order valence-electron chi connectivity index (χ3n) is 5.80. The van der Waals surface area contributed by atoms with Crippen LogP contribution in [0.2, 0.25) is 0 Å². The minimum absolute atomic E-state index is 0.0724. The number of nitrogens with one attached hydrogen (secondary N) is 3. The van der Waals surface area contributed by atoms with Crippen LogP contribution in [0.4, 0.5) is 0 Å². The molecule has 2 aromatic rings. The van der Waals surface area contributed by atoms with E-state index in [1.165, 1.54) is 17.7 Å². The number of nitrogens with zero attached hydrogens (tertiary/aromatic N) is 2. The van der Waals surface area contributed by atoms with Crippen LogP contribution in [-0.2, 0) is 6.54 Å². The molecule has 1 atom stereocenters. The van der Waals surface area contributed by atoms with Crippen LogP contribution in [0.5, 0.6) is 0 Å². The van der Waals surface area contributed by atoms with E-state index in [-0.39, 0.29) is 5.91 Å². The van der Waals surface area contributed by atoms with Gasteiger partial charge in [-0.1, -0.05) is 25.1 Å². The Bertz CT molecular complexity index is 826. The average molecular weight is 442 g/mol. The number of amides is 1. The van der Waals surface area contributed by atoms with Crippen molar-refractivity contribution in [2.45, 2.75) is 39.3 Å². The minimum Gasteiger partial charge on any atom is -0.357 e. The molecule has 0 bridgehead atoms. The molecule has 1 fully saturated rings. The van der Waals surface area contributed by atoms with Crippen LogP contribution in [0.15, 0.2) is 46.8 Å². The second kappa shape index (κ2) is 11.9. The molecule has 6 nitrogen and oxygen atoms in total. The normalized spacial score (nSPS) is 16.7. The maximum absolute atomic E-state index is 11.7. The number of likely N-dealkylation sites (tertiary alicyclic amines) is 1. The molecule has 7 heteroatoms. The molecule has 31 heavy (non-hydrogen) atoms. The number of rotatable bonds is 8. The molecule has 2 heterocycles. The molecule has 1 saturated heterocycles. The van der Waals surface area contributed by atoms with Crippen molar-refractivity contribution in [1.29, 1.82) is 0 Å². The highest BCUT2D eigenvalue weighted by molar-refractivity contribution is 7.10. The first-order valence-electron chi connectivity index (χ1n) is 11.2. The maximum Gasteiger partial charge on any atom is 0.251 e. The Labute approximate surface area is 190 Å². The quantitative estimate of drug-likeness (QED) is 0.432. The van der Waals surface area contributed by atoms with Crippen molar-refractivity contribution in [3.05, 3.63) is 57.8 Å². The average Bonchev–Trinajstić information content (AvgIpc) is 3.33. The van der Waals surface area contributed by atoms with Crippen LogP contribution in [0, 0.1) is 5.92 Å². The number of piperidine rings is 1. The van der Waals surface area contributed by atoms with Gasteiger partial charge in [-0.05, 0) is 67.9 Å². The van der Waals surface area contributed by atoms with Crippen molar-refractivity contribution in [2.24, 2.45) is 10.9 Å². The summed E-state index contributed by atoms with van der Waals surface area (Å²) in [5.41, 5.74) is 1.74. The molecular weight excluding hydrogens is 406 g/mol. The fraction of sp³-hybridized carbons (Fsp3) is 0.500. The van der Waals surface area contributed by atoms with E-state index in [2.05, 4.69) is 52.2 Å². The number of hydrogen-bond acceptors (Lipinski definition) is 4. The van der Waals surface area contributed by atoms with Crippen LogP contribution < -0.4 is 16.0 Å². The number of guanidine groups is 1. The SMILES string of the molecule is CCNC(=NCc1ccc(C(=O)NC)cc1)NCC(c1cccs1)N1CCC(C)CC1. The first kappa shape index (κ1) is 23.3. The molecular formula is C24H35N5OS. The van der Waals surface area contributed by atoms with Gasteiger partial charge < -0.3 is 16.0 Å². The Kier molecular flexibility index (Phi) is 8.91. The lowest BCUT2D eigenvalue weighted by atomic mass is 9.97. The van der Waals surface area contributed by atoms with Gasteiger partial charge in [0, 0.05) is 30.6 Å². The minimum atomic E-state index is -0.0724. The number of hydrogen-bond donors (Lipinski definition) is 3. The largest absolute Gasteiger partial charge is 0.357 e. The van der Waals surface area contributed by atoms with Crippen molar-refractivity contribution < 1.29 is 4.79 Å². The van der Waals surface area contributed by atoms with Gasteiger partial charge in [0.25, 0.3) is 5.91 Å². The molecule has 168 valence electrons. The molecule has 3 rings (SSSR count). The molecule has 0 aliphatic carbocycles. The molecule has 0 radical (unpaired) electrons. The molecule has 1 aliphatic rings. The van der Waals surface area contributed by atoms with E-state index in [9.17, 15) is 4.79 Å². The van der Waals surface area contributed by atoms with Gasteiger partial charge in [-0.15, -0.1) is 11.3 Å². The number of thiophene rings is 1.